The number of fused-ring (bicyclic) bond motifs is 1. The third-order valence-corrected chi connectivity index (χ3v) is 6.30. The molecule has 2 aliphatic rings. The van der Waals surface area contributed by atoms with Crippen molar-refractivity contribution in [3.63, 3.8) is 0 Å². The van der Waals surface area contributed by atoms with Crippen LogP contribution in [-0.4, -0.2) is 38.4 Å². The van der Waals surface area contributed by atoms with Crippen molar-refractivity contribution in [3.05, 3.63) is 77.1 Å². The second-order valence-corrected chi connectivity index (χ2v) is 8.42. The van der Waals surface area contributed by atoms with Crippen molar-refractivity contribution in [3.8, 4) is 5.69 Å². The number of nitrogens with zero attached hydrogens (tertiary/aromatic N) is 3. The Bertz CT molecular complexity index is 1220. The number of hydrogen-bond acceptors (Lipinski definition) is 4. The largest absolute Gasteiger partial charge is 0.322 e. The van der Waals surface area contributed by atoms with E-state index in [0.29, 0.717) is 22.4 Å². The van der Waals surface area contributed by atoms with E-state index in [1.807, 2.05) is 31.2 Å². The van der Waals surface area contributed by atoms with Gasteiger partial charge in [0, 0.05) is 29.2 Å². The van der Waals surface area contributed by atoms with Crippen molar-refractivity contribution in [2.75, 3.05) is 5.32 Å². The van der Waals surface area contributed by atoms with Gasteiger partial charge in [0.1, 0.15) is 0 Å². The Morgan fingerprint density at radius 2 is 1.75 bits per heavy atom. The number of nitrogens with one attached hydrogen (secondary N) is 1. The SMILES string of the molecule is Cc1ccnn1-c1cccc(NC(=O)c2ccc3c(c2)C(=O)N(C2CCCCC2)C3=O)c1. The molecule has 5 rings (SSSR count). The molecule has 1 saturated carbocycles. The standard InChI is InChI=1S/C25H24N4O3/c1-16-12-13-26-29(16)20-9-5-6-18(15-20)27-23(30)17-10-11-21-22(14-17)25(32)28(24(21)31)19-7-3-2-4-8-19/h5-6,9-15,19H,2-4,7-8H2,1H3,(H,27,30). The van der Waals surface area contributed by atoms with Crippen molar-refractivity contribution in [2.24, 2.45) is 0 Å². The summed E-state index contributed by atoms with van der Waals surface area (Å²) >= 11 is 0. The number of amides is 3. The minimum Gasteiger partial charge on any atom is -0.322 e. The first-order chi connectivity index (χ1) is 15.5. The lowest BCUT2D eigenvalue weighted by molar-refractivity contribution is 0.0549. The number of carbonyl (C=O) groups excluding carboxylic acids is 3. The molecule has 0 unspecified atom stereocenters. The Hall–Kier alpha value is -3.74. The summed E-state index contributed by atoms with van der Waals surface area (Å²) in [5.74, 6) is -0.868. The summed E-state index contributed by atoms with van der Waals surface area (Å²) in [7, 11) is 0. The summed E-state index contributed by atoms with van der Waals surface area (Å²) in [5, 5.41) is 7.18. The van der Waals surface area contributed by atoms with Gasteiger partial charge < -0.3 is 5.32 Å². The first-order valence-corrected chi connectivity index (χ1v) is 11.0. The van der Waals surface area contributed by atoms with Crippen LogP contribution in [0.4, 0.5) is 5.69 Å². The smallest absolute Gasteiger partial charge is 0.261 e. The van der Waals surface area contributed by atoms with Gasteiger partial charge in [0.15, 0.2) is 0 Å². The van der Waals surface area contributed by atoms with E-state index in [0.717, 1.165) is 43.5 Å². The highest BCUT2D eigenvalue weighted by Crippen LogP contribution is 2.31. The zero-order valence-corrected chi connectivity index (χ0v) is 17.9. The normalized spacial score (nSPS) is 16.3. The molecule has 0 spiro atoms. The average molecular weight is 428 g/mol. The summed E-state index contributed by atoms with van der Waals surface area (Å²) in [6.45, 7) is 1.96. The molecule has 1 fully saturated rings. The van der Waals surface area contributed by atoms with Crippen LogP contribution in [0.3, 0.4) is 0 Å². The molecule has 0 bridgehead atoms. The lowest BCUT2D eigenvalue weighted by Crippen LogP contribution is -2.40. The van der Waals surface area contributed by atoms with Gasteiger partial charge in [0.05, 0.1) is 16.8 Å². The Balaban J connectivity index is 1.37. The van der Waals surface area contributed by atoms with Crippen molar-refractivity contribution in [1.82, 2.24) is 14.7 Å². The molecule has 0 radical (unpaired) electrons. The molecule has 162 valence electrons. The van der Waals surface area contributed by atoms with Crippen LogP contribution >= 0.6 is 0 Å². The number of anilines is 1. The van der Waals surface area contributed by atoms with Gasteiger partial charge in [0.25, 0.3) is 17.7 Å². The van der Waals surface area contributed by atoms with Crippen molar-refractivity contribution in [2.45, 2.75) is 45.1 Å². The number of carbonyl (C=O) groups is 3. The predicted molar refractivity (Wildman–Crippen MR) is 120 cm³/mol. The molecule has 1 aromatic heterocycles. The second-order valence-electron chi connectivity index (χ2n) is 8.42. The minimum absolute atomic E-state index is 0.0399. The Morgan fingerprint density at radius 3 is 2.50 bits per heavy atom. The van der Waals surface area contributed by atoms with Gasteiger partial charge in [-0.15, -0.1) is 0 Å². The van der Waals surface area contributed by atoms with Gasteiger partial charge in [-0.1, -0.05) is 25.3 Å². The van der Waals surface area contributed by atoms with Gasteiger partial charge in [0.2, 0.25) is 0 Å². The molecule has 1 aliphatic heterocycles. The predicted octanol–water partition coefficient (Wildman–Crippen LogP) is 4.36. The van der Waals surface area contributed by atoms with E-state index in [2.05, 4.69) is 10.4 Å². The number of benzene rings is 2. The van der Waals surface area contributed by atoms with E-state index < -0.39 is 0 Å². The van der Waals surface area contributed by atoms with Crippen molar-refractivity contribution in [1.29, 1.82) is 0 Å². The molecular formula is C25H24N4O3. The lowest BCUT2D eigenvalue weighted by atomic mass is 9.94. The van der Waals surface area contributed by atoms with Crippen LogP contribution in [-0.2, 0) is 0 Å². The fourth-order valence-corrected chi connectivity index (χ4v) is 4.63. The molecule has 2 aromatic carbocycles. The quantitative estimate of drug-likeness (QED) is 0.626. The summed E-state index contributed by atoms with van der Waals surface area (Å²) < 4.78 is 1.79. The third-order valence-electron chi connectivity index (χ3n) is 6.30. The molecule has 2 heterocycles. The Morgan fingerprint density at radius 1 is 0.969 bits per heavy atom. The van der Waals surface area contributed by atoms with E-state index in [1.165, 1.54) is 11.0 Å². The molecule has 0 saturated heterocycles. The molecule has 3 aromatic rings. The molecule has 0 atom stereocenters. The Kier molecular flexibility index (Phi) is 5.09. The third kappa shape index (κ3) is 3.49. The van der Waals surface area contributed by atoms with Crippen LogP contribution in [0.15, 0.2) is 54.7 Å². The molecule has 3 amide bonds. The van der Waals surface area contributed by atoms with Gasteiger partial charge in [-0.25, -0.2) is 4.68 Å². The number of aromatic nitrogens is 2. The second kappa shape index (κ2) is 8.07. The fraction of sp³-hybridized carbons (Fsp3) is 0.280. The van der Waals surface area contributed by atoms with E-state index in [9.17, 15) is 14.4 Å². The van der Waals surface area contributed by atoms with Crippen LogP contribution in [0.5, 0.6) is 0 Å². The highest BCUT2D eigenvalue weighted by Gasteiger charge is 2.40. The Labute approximate surface area is 186 Å². The summed E-state index contributed by atoms with van der Waals surface area (Å²) in [6.07, 6.45) is 6.63. The van der Waals surface area contributed by atoms with E-state index in [1.54, 1.807) is 29.1 Å². The molecule has 1 aliphatic carbocycles. The van der Waals surface area contributed by atoms with Crippen LogP contribution in [0.1, 0.15) is 68.9 Å². The molecule has 7 heteroatoms. The monoisotopic (exact) mass is 428 g/mol. The van der Waals surface area contributed by atoms with Crippen molar-refractivity contribution >= 4 is 23.4 Å². The highest BCUT2D eigenvalue weighted by atomic mass is 16.2. The maximum absolute atomic E-state index is 13.0. The zero-order chi connectivity index (χ0) is 22.2. The maximum atomic E-state index is 13.0. The van der Waals surface area contributed by atoms with E-state index >= 15 is 0 Å². The summed E-state index contributed by atoms with van der Waals surface area (Å²) in [4.78, 5) is 40.2. The van der Waals surface area contributed by atoms with Gasteiger partial charge in [-0.2, -0.15) is 5.10 Å². The number of rotatable bonds is 4. The summed E-state index contributed by atoms with van der Waals surface area (Å²) in [5.41, 5.74) is 3.48. The van der Waals surface area contributed by atoms with Gasteiger partial charge in [-0.05, 0) is 62.2 Å². The maximum Gasteiger partial charge on any atom is 0.261 e. The van der Waals surface area contributed by atoms with Gasteiger partial charge >= 0.3 is 0 Å². The molecule has 7 nitrogen and oxygen atoms in total. The van der Waals surface area contributed by atoms with Crippen molar-refractivity contribution < 1.29 is 14.4 Å². The van der Waals surface area contributed by atoms with Crippen LogP contribution in [0.2, 0.25) is 0 Å². The first-order valence-electron chi connectivity index (χ1n) is 11.0. The van der Waals surface area contributed by atoms with Gasteiger partial charge in [-0.3, -0.25) is 19.3 Å². The zero-order valence-electron chi connectivity index (χ0n) is 17.9. The molecule has 32 heavy (non-hydrogen) atoms. The number of hydrogen-bond donors (Lipinski definition) is 1. The topological polar surface area (TPSA) is 84.3 Å². The van der Waals surface area contributed by atoms with E-state index in [-0.39, 0.29) is 23.8 Å². The van der Waals surface area contributed by atoms with Crippen LogP contribution in [0, 0.1) is 6.92 Å². The highest BCUT2D eigenvalue weighted by molar-refractivity contribution is 6.22. The van der Waals surface area contributed by atoms with E-state index in [4.69, 9.17) is 0 Å². The van der Waals surface area contributed by atoms with Crippen LogP contribution < -0.4 is 5.32 Å². The number of aryl methyl sites for hydroxylation is 1. The fourth-order valence-electron chi connectivity index (χ4n) is 4.63. The first kappa shape index (κ1) is 20.2. The number of imide groups is 1. The molecule has 1 N–H and O–H groups in total. The molecular weight excluding hydrogens is 404 g/mol. The van der Waals surface area contributed by atoms with Crippen LogP contribution in [0.25, 0.3) is 5.69 Å². The summed E-state index contributed by atoms with van der Waals surface area (Å²) in [6, 6.07) is 14.0. The average Bonchev–Trinajstić information content (AvgIpc) is 3.35. The minimum atomic E-state index is -0.335. The lowest BCUT2D eigenvalue weighted by Gasteiger charge is -2.29.